The highest BCUT2D eigenvalue weighted by Gasteiger charge is 2.25. The van der Waals surface area contributed by atoms with E-state index in [0.717, 1.165) is 5.69 Å². The molecule has 0 aliphatic heterocycles. The lowest BCUT2D eigenvalue weighted by atomic mass is 10.1. The summed E-state index contributed by atoms with van der Waals surface area (Å²) in [6.45, 7) is 7.08. The third kappa shape index (κ3) is 7.30. The van der Waals surface area contributed by atoms with Crippen LogP contribution in [0.2, 0.25) is 0 Å². The lowest BCUT2D eigenvalue weighted by Crippen LogP contribution is -2.52. The second kappa shape index (κ2) is 10.2. The number of ether oxygens (including phenoxy) is 1. The molecule has 8 nitrogen and oxygen atoms in total. The number of methoxy groups -OCH3 is 1. The van der Waals surface area contributed by atoms with Gasteiger partial charge in [-0.25, -0.2) is 4.79 Å². The second-order valence-corrected chi connectivity index (χ2v) is 8.03. The van der Waals surface area contributed by atoms with Crippen molar-refractivity contribution in [3.63, 3.8) is 0 Å². The molecule has 0 aromatic carbocycles. The van der Waals surface area contributed by atoms with E-state index in [0.29, 0.717) is 32.0 Å². The van der Waals surface area contributed by atoms with E-state index in [1.54, 1.807) is 24.3 Å². The molecule has 0 saturated heterocycles. The van der Waals surface area contributed by atoms with E-state index in [-0.39, 0.29) is 18.5 Å². The number of urea groups is 1. The molecule has 0 bridgehead atoms. The molecule has 160 valence electrons. The molecule has 0 radical (unpaired) electrons. The topological polar surface area (TPSA) is 80.0 Å². The average Bonchev–Trinajstić information content (AvgIpc) is 3.28. The molecule has 29 heavy (non-hydrogen) atoms. The molecule has 2 heterocycles. The van der Waals surface area contributed by atoms with Crippen molar-refractivity contribution in [1.82, 2.24) is 19.7 Å². The van der Waals surface area contributed by atoms with E-state index in [9.17, 15) is 9.59 Å². The van der Waals surface area contributed by atoms with Gasteiger partial charge in [-0.05, 0) is 45.0 Å². The summed E-state index contributed by atoms with van der Waals surface area (Å²) in [6.07, 6.45) is 3.52. The molecule has 0 spiro atoms. The predicted octanol–water partition coefficient (Wildman–Crippen LogP) is 2.60. The molecule has 0 saturated carbocycles. The lowest BCUT2D eigenvalue weighted by Gasteiger charge is -2.30. The van der Waals surface area contributed by atoms with Crippen LogP contribution in [-0.4, -0.2) is 58.7 Å². The Kier molecular flexibility index (Phi) is 7.90. The van der Waals surface area contributed by atoms with E-state index in [2.05, 4.69) is 5.32 Å². The second-order valence-electron chi connectivity index (χ2n) is 8.03. The number of aryl methyl sites for hydroxylation is 1. The summed E-state index contributed by atoms with van der Waals surface area (Å²) < 4.78 is 12.5. The van der Waals surface area contributed by atoms with Gasteiger partial charge in [-0.1, -0.05) is 0 Å². The maximum Gasteiger partial charge on any atom is 0.318 e. The van der Waals surface area contributed by atoms with Crippen molar-refractivity contribution in [2.24, 2.45) is 7.05 Å². The van der Waals surface area contributed by atoms with Gasteiger partial charge in [-0.3, -0.25) is 4.79 Å². The first-order valence-corrected chi connectivity index (χ1v) is 9.66. The number of nitrogens with one attached hydrogen (secondary N) is 1. The highest BCUT2D eigenvalue weighted by molar-refractivity contribution is 5.84. The minimum absolute atomic E-state index is 0.0452. The largest absolute Gasteiger partial charge is 0.467 e. The van der Waals surface area contributed by atoms with Crippen molar-refractivity contribution >= 4 is 11.9 Å². The zero-order valence-electron chi connectivity index (χ0n) is 18.0. The Morgan fingerprint density at radius 3 is 2.48 bits per heavy atom. The van der Waals surface area contributed by atoms with Gasteiger partial charge in [0.05, 0.1) is 26.0 Å². The van der Waals surface area contributed by atoms with Crippen LogP contribution < -0.4 is 5.32 Å². The molecule has 0 aliphatic rings. The van der Waals surface area contributed by atoms with Crippen LogP contribution in [-0.2, 0) is 29.7 Å². The predicted molar refractivity (Wildman–Crippen MR) is 110 cm³/mol. The number of aromatic nitrogens is 1. The van der Waals surface area contributed by atoms with Gasteiger partial charge in [0.1, 0.15) is 12.3 Å². The molecule has 3 amide bonds. The highest BCUT2D eigenvalue weighted by atomic mass is 16.5. The summed E-state index contributed by atoms with van der Waals surface area (Å²) in [5.41, 5.74) is 0.593. The highest BCUT2D eigenvalue weighted by Crippen LogP contribution is 2.12. The monoisotopic (exact) mass is 404 g/mol. The average molecular weight is 405 g/mol. The van der Waals surface area contributed by atoms with Crippen molar-refractivity contribution < 1.29 is 18.7 Å². The molecular formula is C21H32N4O4. The first-order chi connectivity index (χ1) is 13.7. The number of furan rings is 1. The number of rotatable bonds is 9. The van der Waals surface area contributed by atoms with E-state index >= 15 is 0 Å². The van der Waals surface area contributed by atoms with Crippen LogP contribution in [0.3, 0.4) is 0 Å². The first kappa shape index (κ1) is 22.5. The van der Waals surface area contributed by atoms with Gasteiger partial charge in [0.25, 0.3) is 0 Å². The molecule has 0 aliphatic carbocycles. The van der Waals surface area contributed by atoms with Gasteiger partial charge < -0.3 is 28.8 Å². The third-order valence-electron chi connectivity index (χ3n) is 4.34. The quantitative estimate of drug-likeness (QED) is 0.697. The number of hydrogen-bond acceptors (Lipinski definition) is 4. The Hall–Kier alpha value is -2.74. The summed E-state index contributed by atoms with van der Waals surface area (Å²) in [4.78, 5) is 29.0. The molecular weight excluding hydrogens is 372 g/mol. The Labute approximate surface area is 172 Å². The molecule has 1 N–H and O–H groups in total. The molecule has 0 unspecified atom stereocenters. The Morgan fingerprint density at radius 2 is 1.93 bits per heavy atom. The molecule has 0 atom stereocenters. The Balaban J connectivity index is 2.15. The smallest absolute Gasteiger partial charge is 0.318 e. The minimum atomic E-state index is -0.400. The standard InChI is InChI=1S/C21H32N4O4/c1-21(2,3)22-20(27)24(11-13-28-5)16-19(26)25(15-18-9-7-12-29-18)14-17-8-6-10-23(17)4/h6-10,12H,11,13-16H2,1-5H3,(H,22,27). The molecule has 0 fully saturated rings. The number of hydrogen-bond donors (Lipinski definition) is 1. The summed E-state index contributed by atoms with van der Waals surface area (Å²) in [6, 6.07) is 7.24. The Morgan fingerprint density at radius 1 is 1.17 bits per heavy atom. The maximum atomic E-state index is 13.2. The summed E-state index contributed by atoms with van der Waals surface area (Å²) in [5.74, 6) is 0.526. The van der Waals surface area contributed by atoms with Crippen LogP contribution in [0.4, 0.5) is 4.79 Å². The van der Waals surface area contributed by atoms with Gasteiger partial charge in [-0.15, -0.1) is 0 Å². The first-order valence-electron chi connectivity index (χ1n) is 9.66. The molecule has 2 aromatic heterocycles. The summed E-state index contributed by atoms with van der Waals surface area (Å²) in [7, 11) is 3.51. The van der Waals surface area contributed by atoms with Crippen LogP contribution >= 0.6 is 0 Å². The van der Waals surface area contributed by atoms with Crippen molar-refractivity contribution in [3.8, 4) is 0 Å². The van der Waals surface area contributed by atoms with E-state index < -0.39 is 5.54 Å². The number of amides is 3. The SMILES string of the molecule is COCCN(CC(=O)N(Cc1ccco1)Cc1cccn1C)C(=O)NC(C)(C)C. The van der Waals surface area contributed by atoms with Crippen molar-refractivity contribution in [2.45, 2.75) is 39.4 Å². The number of carbonyl (C=O) groups is 2. The summed E-state index contributed by atoms with van der Waals surface area (Å²) in [5, 5.41) is 2.91. The fourth-order valence-electron chi connectivity index (χ4n) is 2.80. The van der Waals surface area contributed by atoms with E-state index in [4.69, 9.17) is 9.15 Å². The van der Waals surface area contributed by atoms with Crippen LogP contribution in [0.1, 0.15) is 32.2 Å². The lowest BCUT2D eigenvalue weighted by molar-refractivity contribution is -0.133. The van der Waals surface area contributed by atoms with Crippen molar-refractivity contribution in [1.29, 1.82) is 0 Å². The third-order valence-corrected chi connectivity index (χ3v) is 4.34. The minimum Gasteiger partial charge on any atom is -0.467 e. The molecule has 2 rings (SSSR count). The van der Waals surface area contributed by atoms with Crippen LogP contribution in [0.15, 0.2) is 41.1 Å². The van der Waals surface area contributed by atoms with Gasteiger partial charge in [0.15, 0.2) is 0 Å². The fourth-order valence-corrected chi connectivity index (χ4v) is 2.80. The zero-order chi connectivity index (χ0) is 21.4. The van der Waals surface area contributed by atoms with E-state index in [1.165, 1.54) is 4.90 Å². The molecule has 2 aromatic rings. The Bertz CT molecular complexity index is 777. The van der Waals surface area contributed by atoms with Gasteiger partial charge in [0.2, 0.25) is 5.91 Å². The van der Waals surface area contributed by atoms with Gasteiger partial charge in [0, 0.05) is 38.1 Å². The maximum absolute atomic E-state index is 13.2. The van der Waals surface area contributed by atoms with Gasteiger partial charge in [-0.2, -0.15) is 0 Å². The van der Waals surface area contributed by atoms with Crippen molar-refractivity contribution in [2.75, 3.05) is 26.8 Å². The van der Waals surface area contributed by atoms with Crippen molar-refractivity contribution in [3.05, 3.63) is 48.2 Å². The molecule has 8 heteroatoms. The number of carbonyl (C=O) groups excluding carboxylic acids is 2. The zero-order valence-corrected chi connectivity index (χ0v) is 18.0. The van der Waals surface area contributed by atoms with Crippen LogP contribution in [0.5, 0.6) is 0 Å². The fraction of sp³-hybridized carbons (Fsp3) is 0.524. The number of nitrogens with zero attached hydrogens (tertiary/aromatic N) is 3. The van der Waals surface area contributed by atoms with Crippen LogP contribution in [0, 0.1) is 0 Å². The van der Waals surface area contributed by atoms with Gasteiger partial charge >= 0.3 is 6.03 Å². The van der Waals surface area contributed by atoms with Crippen LogP contribution in [0.25, 0.3) is 0 Å². The van der Waals surface area contributed by atoms with E-state index in [1.807, 2.05) is 56.8 Å². The summed E-state index contributed by atoms with van der Waals surface area (Å²) >= 11 is 0. The normalized spacial score (nSPS) is 11.3.